The third-order valence-electron chi connectivity index (χ3n) is 5.91. The van der Waals surface area contributed by atoms with E-state index >= 15 is 0 Å². The molecule has 0 unspecified atom stereocenters. The van der Waals surface area contributed by atoms with E-state index in [0.717, 1.165) is 51.7 Å². The molecule has 0 radical (unpaired) electrons. The number of hydrogen-bond donors (Lipinski definition) is 0. The van der Waals surface area contributed by atoms with Gasteiger partial charge in [-0.2, -0.15) is 0 Å². The first kappa shape index (κ1) is 19.6. The van der Waals surface area contributed by atoms with Gasteiger partial charge >= 0.3 is 0 Å². The summed E-state index contributed by atoms with van der Waals surface area (Å²) in [7, 11) is 0. The minimum Gasteiger partial charge on any atom is -0.492 e. The summed E-state index contributed by atoms with van der Waals surface area (Å²) in [5.41, 5.74) is 0. The average Bonchev–Trinajstić information content (AvgIpc) is 3.02. The third-order valence-corrected chi connectivity index (χ3v) is 5.91. The van der Waals surface area contributed by atoms with Crippen molar-refractivity contribution in [3.8, 4) is 5.75 Å². The van der Waals surface area contributed by atoms with Gasteiger partial charge in [0.2, 0.25) is 0 Å². The van der Waals surface area contributed by atoms with E-state index < -0.39 is 0 Å². The molecule has 28 heavy (non-hydrogen) atoms. The second kappa shape index (κ2) is 10.2. The van der Waals surface area contributed by atoms with Gasteiger partial charge in [-0.15, -0.1) is 0 Å². The highest BCUT2D eigenvalue weighted by molar-refractivity contribution is 5.83. The van der Waals surface area contributed by atoms with Crippen LogP contribution in [0.3, 0.4) is 0 Å². The van der Waals surface area contributed by atoms with Gasteiger partial charge in [-0.1, -0.05) is 30.3 Å². The summed E-state index contributed by atoms with van der Waals surface area (Å²) in [6, 6.07) is 14.8. The molecule has 5 nitrogen and oxygen atoms in total. The molecule has 2 aliphatic heterocycles. The van der Waals surface area contributed by atoms with Gasteiger partial charge in [-0.3, -0.25) is 14.7 Å². The molecule has 0 aromatic heterocycles. The Labute approximate surface area is 168 Å². The van der Waals surface area contributed by atoms with Crippen LogP contribution in [0.15, 0.2) is 42.5 Å². The van der Waals surface area contributed by atoms with Crippen molar-refractivity contribution in [2.75, 3.05) is 78.7 Å². The number of ether oxygens (including phenoxy) is 2. The molecule has 0 aliphatic carbocycles. The Balaban J connectivity index is 1.13. The van der Waals surface area contributed by atoms with Gasteiger partial charge in [0.25, 0.3) is 0 Å². The van der Waals surface area contributed by atoms with E-state index in [1.165, 1.54) is 49.9 Å². The highest BCUT2D eigenvalue weighted by Gasteiger charge is 2.18. The maximum Gasteiger partial charge on any atom is 0.120 e. The fourth-order valence-electron chi connectivity index (χ4n) is 4.09. The lowest BCUT2D eigenvalue weighted by Gasteiger charge is -2.35. The van der Waals surface area contributed by atoms with Crippen LogP contribution in [0.5, 0.6) is 5.75 Å². The van der Waals surface area contributed by atoms with Crippen LogP contribution >= 0.6 is 0 Å². The summed E-state index contributed by atoms with van der Waals surface area (Å²) in [5, 5.41) is 2.50. The molecule has 0 amide bonds. The SMILES string of the molecule is c1ccc2cc(OCCN3CCN(CCN4CCCOCC4)CC3)ccc2c1. The summed E-state index contributed by atoms with van der Waals surface area (Å²) in [6.45, 7) is 12.8. The Hall–Kier alpha value is -1.66. The number of piperazine rings is 1. The largest absolute Gasteiger partial charge is 0.492 e. The molecule has 2 aromatic rings. The zero-order chi connectivity index (χ0) is 19.0. The van der Waals surface area contributed by atoms with Crippen LogP contribution in [0.4, 0.5) is 0 Å². The molecule has 0 saturated carbocycles. The Morgan fingerprint density at radius 1 is 0.714 bits per heavy atom. The molecular formula is C23H33N3O2. The Morgan fingerprint density at radius 2 is 1.43 bits per heavy atom. The predicted octanol–water partition coefficient (Wildman–Crippen LogP) is 2.56. The van der Waals surface area contributed by atoms with E-state index in [1.807, 2.05) is 0 Å². The normalized spacial score (nSPS) is 20.3. The zero-order valence-electron chi connectivity index (χ0n) is 16.9. The third kappa shape index (κ3) is 5.67. The van der Waals surface area contributed by atoms with Crippen molar-refractivity contribution in [3.63, 3.8) is 0 Å². The fourth-order valence-corrected chi connectivity index (χ4v) is 4.09. The molecule has 4 rings (SSSR count). The lowest BCUT2D eigenvalue weighted by atomic mass is 10.1. The number of nitrogens with zero attached hydrogens (tertiary/aromatic N) is 3. The fraction of sp³-hybridized carbons (Fsp3) is 0.565. The molecule has 0 spiro atoms. The monoisotopic (exact) mass is 383 g/mol. The number of hydrogen-bond acceptors (Lipinski definition) is 5. The molecule has 2 aromatic carbocycles. The number of rotatable bonds is 7. The number of fused-ring (bicyclic) bond motifs is 1. The van der Waals surface area contributed by atoms with Crippen LogP contribution in [-0.4, -0.2) is 93.4 Å². The molecule has 0 N–H and O–H groups in total. The molecule has 0 bridgehead atoms. The first-order chi connectivity index (χ1) is 13.9. The van der Waals surface area contributed by atoms with Gasteiger partial charge in [0.05, 0.1) is 6.61 Å². The van der Waals surface area contributed by atoms with Crippen molar-refractivity contribution >= 4 is 10.8 Å². The first-order valence-electron chi connectivity index (χ1n) is 10.7. The topological polar surface area (TPSA) is 28.2 Å². The minimum absolute atomic E-state index is 0.756. The van der Waals surface area contributed by atoms with Crippen LogP contribution in [0.25, 0.3) is 10.8 Å². The van der Waals surface area contributed by atoms with E-state index in [1.54, 1.807) is 0 Å². The lowest BCUT2D eigenvalue weighted by Crippen LogP contribution is -2.49. The van der Waals surface area contributed by atoms with Gasteiger partial charge in [0, 0.05) is 65.5 Å². The van der Waals surface area contributed by atoms with E-state index in [-0.39, 0.29) is 0 Å². The second-order valence-corrected chi connectivity index (χ2v) is 7.85. The molecular weight excluding hydrogens is 350 g/mol. The standard InChI is InChI=1S/C23H33N3O2/c1-2-5-22-20-23(7-6-21(22)4-1)28-19-16-26-13-11-25(12-14-26)10-9-24-8-3-17-27-18-15-24/h1-2,4-7,20H,3,8-19H2. The van der Waals surface area contributed by atoms with Gasteiger partial charge in [0.15, 0.2) is 0 Å². The molecule has 152 valence electrons. The maximum atomic E-state index is 6.01. The van der Waals surface area contributed by atoms with Crippen LogP contribution in [0.1, 0.15) is 6.42 Å². The van der Waals surface area contributed by atoms with Crippen molar-refractivity contribution in [2.45, 2.75) is 6.42 Å². The van der Waals surface area contributed by atoms with E-state index in [9.17, 15) is 0 Å². The Kier molecular flexibility index (Phi) is 7.17. The Bertz CT molecular complexity index is 723. The van der Waals surface area contributed by atoms with Gasteiger partial charge in [-0.25, -0.2) is 0 Å². The van der Waals surface area contributed by atoms with E-state index in [0.29, 0.717) is 0 Å². The highest BCUT2D eigenvalue weighted by atomic mass is 16.5. The van der Waals surface area contributed by atoms with Gasteiger partial charge in [0.1, 0.15) is 12.4 Å². The van der Waals surface area contributed by atoms with Gasteiger partial charge in [-0.05, 0) is 29.3 Å². The van der Waals surface area contributed by atoms with Crippen molar-refractivity contribution in [3.05, 3.63) is 42.5 Å². The molecule has 2 fully saturated rings. The summed E-state index contributed by atoms with van der Waals surface area (Å²) in [5.74, 6) is 0.971. The van der Waals surface area contributed by atoms with Crippen LogP contribution < -0.4 is 4.74 Å². The minimum atomic E-state index is 0.756. The maximum absolute atomic E-state index is 6.01. The first-order valence-corrected chi connectivity index (χ1v) is 10.7. The summed E-state index contributed by atoms with van der Waals surface area (Å²) in [6.07, 6.45) is 1.17. The molecule has 5 heteroatoms. The van der Waals surface area contributed by atoms with Crippen LogP contribution in [0, 0.1) is 0 Å². The Morgan fingerprint density at radius 3 is 2.25 bits per heavy atom. The smallest absolute Gasteiger partial charge is 0.120 e. The van der Waals surface area contributed by atoms with Gasteiger partial charge < -0.3 is 9.47 Å². The molecule has 0 atom stereocenters. The van der Waals surface area contributed by atoms with E-state index in [4.69, 9.17) is 9.47 Å². The second-order valence-electron chi connectivity index (χ2n) is 7.85. The lowest BCUT2D eigenvalue weighted by molar-refractivity contribution is 0.104. The molecule has 2 heterocycles. The quantitative estimate of drug-likeness (QED) is 0.733. The van der Waals surface area contributed by atoms with Crippen LogP contribution in [0.2, 0.25) is 0 Å². The van der Waals surface area contributed by atoms with Crippen LogP contribution in [-0.2, 0) is 4.74 Å². The summed E-state index contributed by atoms with van der Waals surface area (Å²) >= 11 is 0. The molecule has 2 saturated heterocycles. The number of benzene rings is 2. The van der Waals surface area contributed by atoms with E-state index in [2.05, 4.69) is 57.2 Å². The van der Waals surface area contributed by atoms with Crippen molar-refractivity contribution in [1.29, 1.82) is 0 Å². The summed E-state index contributed by atoms with van der Waals surface area (Å²) in [4.78, 5) is 7.68. The molecule has 2 aliphatic rings. The average molecular weight is 384 g/mol. The van der Waals surface area contributed by atoms with Crippen molar-refractivity contribution in [1.82, 2.24) is 14.7 Å². The van der Waals surface area contributed by atoms with Crippen molar-refractivity contribution in [2.24, 2.45) is 0 Å². The highest BCUT2D eigenvalue weighted by Crippen LogP contribution is 2.20. The van der Waals surface area contributed by atoms with Crippen molar-refractivity contribution < 1.29 is 9.47 Å². The predicted molar refractivity (Wildman–Crippen MR) is 114 cm³/mol. The summed E-state index contributed by atoms with van der Waals surface area (Å²) < 4.78 is 11.6. The zero-order valence-corrected chi connectivity index (χ0v) is 16.9.